The third-order valence-electron chi connectivity index (χ3n) is 6.83. The Labute approximate surface area is 186 Å². The van der Waals surface area contributed by atoms with Crippen LogP contribution in [0.5, 0.6) is 5.75 Å². The van der Waals surface area contributed by atoms with Gasteiger partial charge < -0.3 is 9.16 Å². The van der Waals surface area contributed by atoms with Crippen molar-refractivity contribution in [2.45, 2.75) is 78.1 Å². The number of nitrogens with one attached hydrogen (secondary N) is 1. The van der Waals surface area contributed by atoms with Gasteiger partial charge in [-0.2, -0.15) is 5.10 Å². The minimum Gasteiger partial charge on any atom is -0.491 e. The highest BCUT2D eigenvalue weighted by atomic mass is 35.5. The molecule has 0 aromatic heterocycles. The maximum Gasteiger partial charge on any atom is 0.240 e. The number of halogens is 1. The molecule has 0 bridgehead atoms. The van der Waals surface area contributed by atoms with Crippen molar-refractivity contribution in [3.8, 4) is 5.75 Å². The topological polar surface area (TPSA) is 59.9 Å². The van der Waals surface area contributed by atoms with Crippen LogP contribution in [-0.2, 0) is 9.22 Å². The van der Waals surface area contributed by atoms with Gasteiger partial charge in [0.15, 0.2) is 8.32 Å². The van der Waals surface area contributed by atoms with E-state index in [1.54, 1.807) is 0 Å². The van der Waals surface area contributed by atoms with Gasteiger partial charge in [0.2, 0.25) is 5.91 Å². The Kier molecular flexibility index (Phi) is 6.70. The van der Waals surface area contributed by atoms with Crippen molar-refractivity contribution in [2.24, 2.45) is 16.9 Å². The van der Waals surface area contributed by atoms with E-state index in [0.717, 1.165) is 35.4 Å². The first-order valence-corrected chi connectivity index (χ1v) is 14.1. The molecule has 3 rings (SSSR count). The van der Waals surface area contributed by atoms with Crippen LogP contribution in [0.15, 0.2) is 17.2 Å². The molecule has 30 heavy (non-hydrogen) atoms. The van der Waals surface area contributed by atoms with Gasteiger partial charge in [-0.3, -0.25) is 4.79 Å². The molecule has 1 aliphatic heterocycles. The Bertz CT molecular complexity index is 824. The molecule has 0 saturated heterocycles. The third-order valence-corrected chi connectivity index (χ3v) is 11.6. The van der Waals surface area contributed by atoms with E-state index in [1.165, 1.54) is 0 Å². The quantitative estimate of drug-likeness (QED) is 0.566. The van der Waals surface area contributed by atoms with Gasteiger partial charge >= 0.3 is 0 Å². The van der Waals surface area contributed by atoms with Crippen LogP contribution in [0.2, 0.25) is 23.2 Å². The number of hydrazone groups is 1. The van der Waals surface area contributed by atoms with Crippen LogP contribution in [0.4, 0.5) is 0 Å². The van der Waals surface area contributed by atoms with Crippen molar-refractivity contribution >= 4 is 31.5 Å². The monoisotopic (exact) mass is 450 g/mol. The first kappa shape index (κ1) is 23.3. The lowest BCUT2D eigenvalue weighted by atomic mass is 9.83. The van der Waals surface area contributed by atoms with E-state index in [1.807, 2.05) is 26.0 Å². The molecule has 7 heteroatoms. The number of aryl methyl sites for hydroxylation is 1. The van der Waals surface area contributed by atoms with Crippen molar-refractivity contribution in [1.82, 2.24) is 5.43 Å². The molecule has 1 N–H and O–H groups in total. The van der Waals surface area contributed by atoms with Crippen LogP contribution in [0.25, 0.3) is 0 Å². The van der Waals surface area contributed by atoms with Crippen LogP contribution in [0.3, 0.4) is 0 Å². The molecule has 1 amide bonds. The Morgan fingerprint density at radius 2 is 1.97 bits per heavy atom. The summed E-state index contributed by atoms with van der Waals surface area (Å²) in [5.74, 6) is 1.15. The van der Waals surface area contributed by atoms with Gasteiger partial charge in [0.1, 0.15) is 5.75 Å². The second-order valence-corrected chi connectivity index (χ2v) is 15.5. The van der Waals surface area contributed by atoms with Gasteiger partial charge in [-0.25, -0.2) is 5.43 Å². The molecule has 3 unspecified atom stereocenters. The van der Waals surface area contributed by atoms with Gasteiger partial charge in [0.25, 0.3) is 0 Å². The molecule has 3 atom stereocenters. The Morgan fingerprint density at radius 3 is 2.50 bits per heavy atom. The molecule has 0 spiro atoms. The lowest BCUT2D eigenvalue weighted by Crippen LogP contribution is -2.50. The Hall–Kier alpha value is -1.37. The maximum absolute atomic E-state index is 11.5. The summed E-state index contributed by atoms with van der Waals surface area (Å²) in [5.41, 5.74) is 5.33. The van der Waals surface area contributed by atoms with Crippen LogP contribution >= 0.6 is 11.6 Å². The fraction of sp³-hybridized carbons (Fsp3) is 0.652. The molecule has 1 aliphatic carbocycles. The van der Waals surface area contributed by atoms with Crippen molar-refractivity contribution < 1.29 is 14.0 Å². The molecule has 1 saturated carbocycles. The summed E-state index contributed by atoms with van der Waals surface area (Å²) in [6.07, 6.45) is 2.95. The van der Waals surface area contributed by atoms with Crippen molar-refractivity contribution in [1.29, 1.82) is 0 Å². The van der Waals surface area contributed by atoms with Crippen LogP contribution in [0, 0.1) is 18.8 Å². The third kappa shape index (κ3) is 4.92. The van der Waals surface area contributed by atoms with E-state index in [-0.39, 0.29) is 23.0 Å². The minimum atomic E-state index is -1.77. The molecular formula is C23H35ClN2O3Si. The van der Waals surface area contributed by atoms with Crippen LogP contribution < -0.4 is 10.2 Å². The first-order chi connectivity index (χ1) is 13.9. The Morgan fingerprint density at radius 1 is 1.27 bits per heavy atom. The predicted molar refractivity (Wildman–Crippen MR) is 125 cm³/mol. The van der Waals surface area contributed by atoms with E-state index in [4.69, 9.17) is 20.8 Å². The maximum atomic E-state index is 11.5. The number of hydrogen-bond donors (Lipinski definition) is 1. The van der Waals surface area contributed by atoms with Gasteiger partial charge in [-0.1, -0.05) is 39.3 Å². The molecule has 166 valence electrons. The normalized spacial score (nSPS) is 24.7. The molecule has 2 aliphatic rings. The van der Waals surface area contributed by atoms with Gasteiger partial charge in [0.05, 0.1) is 23.4 Å². The zero-order chi connectivity index (χ0) is 22.3. The zero-order valence-electron chi connectivity index (χ0n) is 19.3. The molecule has 0 radical (unpaired) electrons. The molecule has 1 aromatic rings. The first-order valence-electron chi connectivity index (χ1n) is 10.9. The fourth-order valence-electron chi connectivity index (χ4n) is 3.69. The lowest BCUT2D eigenvalue weighted by molar-refractivity contribution is -0.121. The lowest BCUT2D eigenvalue weighted by Gasteiger charge is -2.45. The molecule has 5 nitrogen and oxygen atoms in total. The molecular weight excluding hydrogens is 416 g/mol. The van der Waals surface area contributed by atoms with Gasteiger partial charge in [-0.15, -0.1) is 0 Å². The Balaban J connectivity index is 1.66. The highest BCUT2D eigenvalue weighted by molar-refractivity contribution is 6.74. The van der Waals surface area contributed by atoms with E-state index < -0.39 is 8.32 Å². The van der Waals surface area contributed by atoms with Crippen molar-refractivity contribution in [3.63, 3.8) is 0 Å². The summed E-state index contributed by atoms with van der Waals surface area (Å²) >= 11 is 6.59. The minimum absolute atomic E-state index is 0.0519. The average molecular weight is 451 g/mol. The SMILES string of the molecule is Cc1cc(C2=NNC(=O)CC2C)cc(Cl)c1OCC1CCC1O[Si](C)(C)C(C)(C)C. The standard InChI is InChI=1S/C23H35ClN2O3Si/c1-14-11-20(27)25-26-21(14)17-10-15(2)22(18(24)12-17)28-13-16-8-9-19(16)29-30(6,7)23(3,4)5/h10,12,14,16,19H,8-9,11,13H2,1-7H3,(H,25,27). The number of amides is 1. The second-order valence-electron chi connectivity index (χ2n) is 10.3. The summed E-state index contributed by atoms with van der Waals surface area (Å²) in [5, 5.41) is 5.03. The van der Waals surface area contributed by atoms with Crippen LogP contribution in [0.1, 0.15) is 58.1 Å². The van der Waals surface area contributed by atoms with E-state index in [9.17, 15) is 4.79 Å². The fourth-order valence-corrected chi connectivity index (χ4v) is 5.44. The van der Waals surface area contributed by atoms with E-state index in [0.29, 0.717) is 24.0 Å². The zero-order valence-corrected chi connectivity index (χ0v) is 21.0. The van der Waals surface area contributed by atoms with Crippen molar-refractivity contribution in [2.75, 3.05) is 6.61 Å². The molecule has 1 fully saturated rings. The van der Waals surface area contributed by atoms with E-state index >= 15 is 0 Å². The summed E-state index contributed by atoms with van der Waals surface area (Å²) < 4.78 is 12.8. The smallest absolute Gasteiger partial charge is 0.240 e. The largest absolute Gasteiger partial charge is 0.491 e. The second kappa shape index (κ2) is 8.64. The average Bonchev–Trinajstić information content (AvgIpc) is 2.60. The highest BCUT2D eigenvalue weighted by Crippen LogP contribution is 2.42. The van der Waals surface area contributed by atoms with Crippen molar-refractivity contribution in [3.05, 3.63) is 28.3 Å². The highest BCUT2D eigenvalue weighted by Gasteiger charge is 2.43. The van der Waals surface area contributed by atoms with E-state index in [2.05, 4.69) is 44.4 Å². The summed E-state index contributed by atoms with van der Waals surface area (Å²) in [7, 11) is -1.77. The predicted octanol–water partition coefficient (Wildman–Crippen LogP) is 5.69. The van der Waals surface area contributed by atoms with Crippen LogP contribution in [-0.4, -0.2) is 32.6 Å². The number of carbonyl (C=O) groups excluding carboxylic acids is 1. The number of nitrogens with zero attached hydrogens (tertiary/aromatic N) is 1. The number of carbonyl (C=O) groups is 1. The number of hydrogen-bond acceptors (Lipinski definition) is 4. The van der Waals surface area contributed by atoms with Gasteiger partial charge in [0, 0.05) is 23.8 Å². The number of rotatable bonds is 6. The summed E-state index contributed by atoms with van der Waals surface area (Å²) in [6, 6.07) is 3.93. The summed E-state index contributed by atoms with van der Waals surface area (Å²) in [4.78, 5) is 11.5. The molecule has 1 heterocycles. The number of benzene rings is 1. The molecule has 1 aromatic carbocycles. The number of ether oxygens (including phenoxy) is 1. The summed E-state index contributed by atoms with van der Waals surface area (Å²) in [6.45, 7) is 16.1. The van der Waals surface area contributed by atoms with Gasteiger partial charge in [-0.05, 0) is 55.6 Å².